The number of ether oxygens (including phenoxy) is 1. The molecule has 0 bridgehead atoms. The fraction of sp³-hybridized carbons (Fsp3) is 0.167. The molecule has 0 fully saturated rings. The van der Waals surface area contributed by atoms with Gasteiger partial charge in [-0.15, -0.1) is 0 Å². The van der Waals surface area contributed by atoms with Crippen molar-refractivity contribution < 1.29 is 23.0 Å². The van der Waals surface area contributed by atoms with Crippen LogP contribution >= 0.6 is 11.6 Å². The molecule has 31 heavy (non-hydrogen) atoms. The first kappa shape index (κ1) is 22.3. The summed E-state index contributed by atoms with van der Waals surface area (Å²) >= 11 is 6.11. The number of nitrogens with one attached hydrogen (secondary N) is 1. The highest BCUT2D eigenvalue weighted by Gasteiger charge is 2.21. The van der Waals surface area contributed by atoms with Crippen LogP contribution < -0.4 is 15.8 Å². The second-order valence-corrected chi connectivity index (χ2v) is 8.44. The van der Waals surface area contributed by atoms with Gasteiger partial charge in [-0.2, -0.15) is 0 Å². The van der Waals surface area contributed by atoms with Crippen LogP contribution in [0.3, 0.4) is 0 Å². The SMILES string of the molecule is CC(C)(C)c1ccc(C(=O)Nc2cccc(C(N)=O)c2)c(Oc2ccc(F)cc2Cl)c1.[HH].[HH].[HH]. The molecule has 0 aliphatic rings. The molecule has 0 aliphatic heterocycles. The molecule has 0 unspecified atom stereocenters. The lowest BCUT2D eigenvalue weighted by Gasteiger charge is -2.21. The molecule has 0 saturated heterocycles. The summed E-state index contributed by atoms with van der Waals surface area (Å²) in [6.45, 7) is 6.10. The van der Waals surface area contributed by atoms with E-state index in [1.54, 1.807) is 30.3 Å². The Morgan fingerprint density at radius 3 is 2.42 bits per heavy atom. The van der Waals surface area contributed by atoms with Crippen LogP contribution in [-0.4, -0.2) is 11.8 Å². The van der Waals surface area contributed by atoms with E-state index in [2.05, 4.69) is 5.32 Å². The van der Waals surface area contributed by atoms with Crippen LogP contribution in [0.15, 0.2) is 60.7 Å². The van der Waals surface area contributed by atoms with Gasteiger partial charge >= 0.3 is 0 Å². The third kappa shape index (κ3) is 5.41. The molecule has 5 nitrogen and oxygen atoms in total. The van der Waals surface area contributed by atoms with Gasteiger partial charge in [-0.05, 0) is 59.5 Å². The molecule has 0 saturated carbocycles. The number of carbonyl (C=O) groups is 2. The van der Waals surface area contributed by atoms with Gasteiger partial charge in [-0.3, -0.25) is 9.59 Å². The summed E-state index contributed by atoms with van der Waals surface area (Å²) in [6, 6.07) is 15.3. The number of anilines is 1. The molecule has 0 radical (unpaired) electrons. The van der Waals surface area contributed by atoms with Gasteiger partial charge in [0.25, 0.3) is 5.91 Å². The van der Waals surface area contributed by atoms with E-state index in [1.165, 1.54) is 18.2 Å². The predicted octanol–water partition coefficient (Wildman–Crippen LogP) is 6.66. The largest absolute Gasteiger partial charge is 0.455 e. The lowest BCUT2D eigenvalue weighted by molar-refractivity contribution is 0.0995. The van der Waals surface area contributed by atoms with Gasteiger partial charge in [-0.1, -0.05) is 44.5 Å². The molecule has 3 rings (SSSR count). The normalized spacial score (nSPS) is 11.1. The van der Waals surface area contributed by atoms with Crippen LogP contribution in [0.25, 0.3) is 0 Å². The van der Waals surface area contributed by atoms with Gasteiger partial charge < -0.3 is 15.8 Å². The minimum Gasteiger partial charge on any atom is -0.455 e. The van der Waals surface area contributed by atoms with Gasteiger partial charge in [0.15, 0.2) is 0 Å². The summed E-state index contributed by atoms with van der Waals surface area (Å²) in [6.07, 6.45) is 0. The molecule has 0 atom stereocenters. The number of hydrogen-bond acceptors (Lipinski definition) is 3. The van der Waals surface area contributed by atoms with Crippen LogP contribution in [0.2, 0.25) is 5.02 Å². The maximum absolute atomic E-state index is 13.4. The Morgan fingerprint density at radius 2 is 1.77 bits per heavy atom. The lowest BCUT2D eigenvalue weighted by Crippen LogP contribution is -2.16. The van der Waals surface area contributed by atoms with Crippen LogP contribution in [0.1, 0.15) is 51.3 Å². The van der Waals surface area contributed by atoms with E-state index in [9.17, 15) is 14.0 Å². The quantitative estimate of drug-likeness (QED) is 0.459. The minimum atomic E-state index is -0.597. The van der Waals surface area contributed by atoms with Gasteiger partial charge in [0.2, 0.25) is 5.91 Å². The van der Waals surface area contributed by atoms with E-state index < -0.39 is 17.6 Å². The van der Waals surface area contributed by atoms with Crippen molar-refractivity contribution in [3.63, 3.8) is 0 Å². The van der Waals surface area contributed by atoms with E-state index in [1.807, 2.05) is 26.8 Å². The number of benzene rings is 3. The zero-order valence-electron chi connectivity index (χ0n) is 17.3. The Kier molecular flexibility index (Phi) is 6.32. The number of hydrogen-bond donors (Lipinski definition) is 2. The molecule has 3 aromatic rings. The molecule has 3 aromatic carbocycles. The van der Waals surface area contributed by atoms with Crippen molar-refractivity contribution in [1.29, 1.82) is 0 Å². The van der Waals surface area contributed by atoms with Gasteiger partial charge in [0.05, 0.1) is 10.6 Å². The van der Waals surface area contributed by atoms with Crippen molar-refractivity contribution in [2.45, 2.75) is 26.2 Å². The molecule has 7 heteroatoms. The smallest absolute Gasteiger partial charge is 0.259 e. The Labute approximate surface area is 189 Å². The summed E-state index contributed by atoms with van der Waals surface area (Å²) < 4.78 is 19.3. The maximum Gasteiger partial charge on any atom is 0.259 e. The highest BCUT2D eigenvalue weighted by Crippen LogP contribution is 2.35. The third-order valence-corrected chi connectivity index (χ3v) is 4.91. The lowest BCUT2D eigenvalue weighted by atomic mass is 9.86. The molecule has 3 N–H and O–H groups in total. The highest BCUT2D eigenvalue weighted by molar-refractivity contribution is 6.32. The molecule has 0 spiro atoms. The van der Waals surface area contributed by atoms with Crippen LogP contribution in [0.5, 0.6) is 11.5 Å². The van der Waals surface area contributed by atoms with Gasteiger partial charge in [0, 0.05) is 15.5 Å². The molecule has 0 aromatic heterocycles. The van der Waals surface area contributed by atoms with Crippen LogP contribution in [-0.2, 0) is 5.41 Å². The van der Waals surface area contributed by atoms with Crippen molar-refractivity contribution in [3.05, 3.63) is 88.2 Å². The maximum atomic E-state index is 13.4. The summed E-state index contributed by atoms with van der Waals surface area (Å²) in [4.78, 5) is 24.4. The fourth-order valence-electron chi connectivity index (χ4n) is 2.89. The molecule has 2 amide bonds. The standard InChI is InChI=1S/C24H22ClFN2O3.3H2/c1-24(2,3)15-7-9-18(21(12-15)31-20-10-8-16(26)13-19(20)25)23(30)28-17-6-4-5-14(11-17)22(27)29;;;/h4-13H,1-3H3,(H2,27,29)(H,28,30);3*1H. The van der Waals surface area contributed by atoms with Crippen molar-refractivity contribution in [3.8, 4) is 11.5 Å². The summed E-state index contributed by atoms with van der Waals surface area (Å²) in [5.41, 5.74) is 6.98. The van der Waals surface area contributed by atoms with Crippen LogP contribution in [0.4, 0.5) is 10.1 Å². The highest BCUT2D eigenvalue weighted by atomic mass is 35.5. The Hall–Kier alpha value is -3.38. The summed E-state index contributed by atoms with van der Waals surface area (Å²) in [5, 5.41) is 2.83. The zero-order valence-corrected chi connectivity index (χ0v) is 18.1. The molecule has 0 aliphatic carbocycles. The Balaban J connectivity index is 0.00000363. The third-order valence-electron chi connectivity index (χ3n) is 4.61. The first-order chi connectivity index (χ1) is 14.5. The number of rotatable bonds is 5. The van der Waals surface area contributed by atoms with E-state index in [0.717, 1.165) is 11.6 Å². The van der Waals surface area contributed by atoms with E-state index in [-0.39, 0.29) is 37.3 Å². The first-order valence-corrected chi connectivity index (χ1v) is 9.91. The molecular weight excluding hydrogens is 419 g/mol. The van der Waals surface area contributed by atoms with Gasteiger partial charge in [0.1, 0.15) is 17.3 Å². The van der Waals surface area contributed by atoms with Crippen molar-refractivity contribution in [2.75, 3.05) is 5.32 Å². The number of amides is 2. The molecule has 0 heterocycles. The molecule has 166 valence electrons. The zero-order chi connectivity index (χ0) is 22.8. The van der Waals surface area contributed by atoms with Crippen molar-refractivity contribution in [1.82, 2.24) is 0 Å². The Morgan fingerprint density at radius 1 is 1.03 bits per heavy atom. The minimum absolute atomic E-state index is 0. The number of halogens is 2. The van der Waals surface area contributed by atoms with Crippen molar-refractivity contribution >= 4 is 29.1 Å². The average Bonchev–Trinajstić information content (AvgIpc) is 2.69. The fourth-order valence-corrected chi connectivity index (χ4v) is 3.09. The monoisotopic (exact) mass is 446 g/mol. The first-order valence-electron chi connectivity index (χ1n) is 9.53. The summed E-state index contributed by atoms with van der Waals surface area (Å²) in [7, 11) is 0. The number of nitrogens with two attached hydrogens (primary N) is 1. The second-order valence-electron chi connectivity index (χ2n) is 8.04. The number of carbonyl (C=O) groups excluding carboxylic acids is 2. The number of primary amides is 1. The second kappa shape index (κ2) is 8.78. The molecular formula is C24H28ClFN2O3. The van der Waals surface area contributed by atoms with Crippen molar-refractivity contribution in [2.24, 2.45) is 5.73 Å². The van der Waals surface area contributed by atoms with E-state index in [0.29, 0.717) is 5.69 Å². The topological polar surface area (TPSA) is 81.4 Å². The van der Waals surface area contributed by atoms with Gasteiger partial charge in [-0.25, -0.2) is 4.39 Å². The Bertz CT molecular complexity index is 1170. The summed E-state index contributed by atoms with van der Waals surface area (Å²) in [5.74, 6) is -1.05. The van der Waals surface area contributed by atoms with E-state index >= 15 is 0 Å². The predicted molar refractivity (Wildman–Crippen MR) is 126 cm³/mol. The van der Waals surface area contributed by atoms with Crippen LogP contribution in [0, 0.1) is 5.82 Å². The average molecular weight is 447 g/mol. The van der Waals surface area contributed by atoms with E-state index in [4.69, 9.17) is 22.1 Å².